The fraction of sp³-hybridized carbons (Fsp3) is 0.385. The molecule has 5 heteroatoms. The molecule has 0 bridgehead atoms. The monoisotopic (exact) mass is 244 g/mol. The number of H-pyrrole nitrogens is 1. The summed E-state index contributed by atoms with van der Waals surface area (Å²) in [4.78, 5) is 21.2. The molecule has 0 aromatic carbocycles. The van der Waals surface area contributed by atoms with E-state index in [-0.39, 0.29) is 6.03 Å². The third-order valence-corrected chi connectivity index (χ3v) is 3.28. The van der Waals surface area contributed by atoms with E-state index in [4.69, 9.17) is 0 Å². The number of likely N-dealkylation sites (tertiary alicyclic amines) is 1. The minimum atomic E-state index is 0.0147. The predicted octanol–water partition coefficient (Wildman–Crippen LogP) is 1.87. The van der Waals surface area contributed by atoms with Gasteiger partial charge in [-0.2, -0.15) is 0 Å². The Morgan fingerprint density at radius 3 is 3.00 bits per heavy atom. The number of amides is 2. The molecule has 0 aliphatic carbocycles. The average Bonchev–Trinajstić information content (AvgIpc) is 3.05. The molecule has 0 spiro atoms. The highest BCUT2D eigenvalue weighted by Crippen LogP contribution is 2.10. The lowest BCUT2D eigenvalue weighted by Gasteiger charge is -2.15. The van der Waals surface area contributed by atoms with Crippen LogP contribution in [0.5, 0.6) is 0 Å². The van der Waals surface area contributed by atoms with E-state index in [1.54, 1.807) is 0 Å². The van der Waals surface area contributed by atoms with Crippen LogP contribution in [0.3, 0.4) is 0 Å². The summed E-state index contributed by atoms with van der Waals surface area (Å²) in [6, 6.07) is 5.95. The molecule has 0 saturated carbocycles. The van der Waals surface area contributed by atoms with Gasteiger partial charge in [0.05, 0.1) is 12.2 Å². The molecule has 0 atom stereocenters. The first-order valence-corrected chi connectivity index (χ1v) is 6.29. The van der Waals surface area contributed by atoms with E-state index in [2.05, 4.69) is 15.3 Å². The molecule has 3 heterocycles. The summed E-state index contributed by atoms with van der Waals surface area (Å²) in [7, 11) is 0. The molecule has 5 nitrogen and oxygen atoms in total. The summed E-state index contributed by atoms with van der Waals surface area (Å²) >= 11 is 0. The predicted molar refractivity (Wildman–Crippen MR) is 69.1 cm³/mol. The van der Waals surface area contributed by atoms with Crippen LogP contribution in [0.4, 0.5) is 4.79 Å². The summed E-state index contributed by atoms with van der Waals surface area (Å²) in [5.74, 6) is 0. The number of fused-ring (bicyclic) bond motifs is 1. The van der Waals surface area contributed by atoms with Crippen LogP contribution in [0.15, 0.2) is 24.4 Å². The first kappa shape index (κ1) is 11.1. The molecular formula is C13H16N4O. The quantitative estimate of drug-likeness (QED) is 0.847. The highest BCUT2D eigenvalue weighted by atomic mass is 16.2. The maximum absolute atomic E-state index is 11.8. The number of urea groups is 1. The SMILES string of the molecule is O=C(NCc1ccc2cc[nH]c2n1)N1CCCC1. The van der Waals surface area contributed by atoms with Gasteiger partial charge in [-0.3, -0.25) is 0 Å². The van der Waals surface area contributed by atoms with E-state index in [9.17, 15) is 4.79 Å². The molecule has 0 radical (unpaired) electrons. The van der Waals surface area contributed by atoms with Crippen LogP contribution in [-0.2, 0) is 6.54 Å². The topological polar surface area (TPSA) is 61.0 Å². The van der Waals surface area contributed by atoms with E-state index in [1.807, 2.05) is 29.3 Å². The van der Waals surface area contributed by atoms with Crippen molar-refractivity contribution in [1.29, 1.82) is 0 Å². The van der Waals surface area contributed by atoms with Crippen molar-refractivity contribution in [3.63, 3.8) is 0 Å². The standard InChI is InChI=1S/C13H16N4O/c18-13(17-7-1-2-8-17)15-9-11-4-3-10-5-6-14-12(10)16-11/h3-6H,1-2,7-9H2,(H,14,16)(H,15,18). The Labute approximate surface area is 105 Å². The van der Waals surface area contributed by atoms with Gasteiger partial charge < -0.3 is 15.2 Å². The van der Waals surface area contributed by atoms with E-state index < -0.39 is 0 Å². The third kappa shape index (κ3) is 2.16. The number of rotatable bonds is 2. The number of carbonyl (C=O) groups excluding carboxylic acids is 1. The molecule has 1 aliphatic rings. The smallest absolute Gasteiger partial charge is 0.317 e. The summed E-state index contributed by atoms with van der Waals surface area (Å²) in [6.45, 7) is 2.22. The number of nitrogens with zero attached hydrogens (tertiary/aromatic N) is 2. The second-order valence-corrected chi connectivity index (χ2v) is 4.57. The van der Waals surface area contributed by atoms with Crippen LogP contribution in [0, 0.1) is 0 Å². The minimum Gasteiger partial charge on any atom is -0.346 e. The van der Waals surface area contributed by atoms with Gasteiger partial charge in [0.1, 0.15) is 5.65 Å². The van der Waals surface area contributed by atoms with Crippen LogP contribution < -0.4 is 5.32 Å². The molecule has 2 aromatic rings. The molecule has 2 amide bonds. The third-order valence-electron chi connectivity index (χ3n) is 3.28. The summed E-state index contributed by atoms with van der Waals surface area (Å²) < 4.78 is 0. The van der Waals surface area contributed by atoms with Gasteiger partial charge in [0, 0.05) is 24.7 Å². The van der Waals surface area contributed by atoms with Crippen molar-refractivity contribution in [3.8, 4) is 0 Å². The van der Waals surface area contributed by atoms with Gasteiger partial charge in [0.2, 0.25) is 0 Å². The molecular weight excluding hydrogens is 228 g/mol. The van der Waals surface area contributed by atoms with E-state index in [0.717, 1.165) is 42.7 Å². The summed E-state index contributed by atoms with van der Waals surface area (Å²) in [5, 5.41) is 4.00. The number of carbonyl (C=O) groups is 1. The molecule has 2 aromatic heterocycles. The fourth-order valence-electron chi connectivity index (χ4n) is 2.27. The number of pyridine rings is 1. The second kappa shape index (κ2) is 4.68. The summed E-state index contributed by atoms with van der Waals surface area (Å²) in [6.07, 6.45) is 4.09. The zero-order valence-corrected chi connectivity index (χ0v) is 10.1. The van der Waals surface area contributed by atoms with Crippen LogP contribution in [0.1, 0.15) is 18.5 Å². The highest BCUT2D eigenvalue weighted by Gasteiger charge is 2.17. The Bertz CT molecular complexity index is 557. The van der Waals surface area contributed by atoms with Crippen molar-refractivity contribution < 1.29 is 4.79 Å². The molecule has 18 heavy (non-hydrogen) atoms. The maximum atomic E-state index is 11.8. The van der Waals surface area contributed by atoms with Crippen LogP contribution in [-0.4, -0.2) is 34.0 Å². The number of hydrogen-bond donors (Lipinski definition) is 2. The number of hydrogen-bond acceptors (Lipinski definition) is 2. The van der Waals surface area contributed by atoms with Crippen molar-refractivity contribution in [2.24, 2.45) is 0 Å². The van der Waals surface area contributed by atoms with Gasteiger partial charge in [-0.1, -0.05) is 0 Å². The first-order valence-electron chi connectivity index (χ1n) is 6.29. The van der Waals surface area contributed by atoms with Crippen molar-refractivity contribution >= 4 is 17.1 Å². The van der Waals surface area contributed by atoms with Crippen LogP contribution in [0.25, 0.3) is 11.0 Å². The van der Waals surface area contributed by atoms with Crippen molar-refractivity contribution in [3.05, 3.63) is 30.1 Å². The van der Waals surface area contributed by atoms with Gasteiger partial charge >= 0.3 is 6.03 Å². The number of aromatic nitrogens is 2. The normalized spacial score (nSPS) is 15.2. The van der Waals surface area contributed by atoms with Gasteiger partial charge in [0.25, 0.3) is 0 Å². The van der Waals surface area contributed by atoms with Crippen LogP contribution >= 0.6 is 0 Å². The zero-order valence-electron chi connectivity index (χ0n) is 10.1. The lowest BCUT2D eigenvalue weighted by atomic mass is 10.3. The van der Waals surface area contributed by atoms with Crippen molar-refractivity contribution in [2.45, 2.75) is 19.4 Å². The maximum Gasteiger partial charge on any atom is 0.317 e. The minimum absolute atomic E-state index is 0.0147. The van der Waals surface area contributed by atoms with Gasteiger partial charge in [-0.25, -0.2) is 9.78 Å². The number of nitrogens with one attached hydrogen (secondary N) is 2. The van der Waals surface area contributed by atoms with Crippen molar-refractivity contribution in [2.75, 3.05) is 13.1 Å². The Morgan fingerprint density at radius 2 is 2.17 bits per heavy atom. The Hall–Kier alpha value is -2.04. The summed E-state index contributed by atoms with van der Waals surface area (Å²) in [5.41, 5.74) is 1.74. The van der Waals surface area contributed by atoms with Crippen molar-refractivity contribution in [1.82, 2.24) is 20.2 Å². The average molecular weight is 244 g/mol. The van der Waals surface area contributed by atoms with E-state index in [0.29, 0.717) is 6.54 Å². The zero-order chi connectivity index (χ0) is 12.4. The molecule has 94 valence electrons. The van der Waals surface area contributed by atoms with Gasteiger partial charge in [-0.15, -0.1) is 0 Å². The Morgan fingerprint density at radius 1 is 1.33 bits per heavy atom. The van der Waals surface area contributed by atoms with Gasteiger partial charge in [-0.05, 0) is 31.0 Å². The molecule has 3 rings (SSSR count). The molecule has 0 unspecified atom stereocenters. The molecule has 1 aliphatic heterocycles. The molecule has 1 saturated heterocycles. The van der Waals surface area contributed by atoms with Crippen LogP contribution in [0.2, 0.25) is 0 Å². The van der Waals surface area contributed by atoms with E-state index in [1.165, 1.54) is 0 Å². The Kier molecular flexibility index (Phi) is 2.88. The molecule has 2 N–H and O–H groups in total. The van der Waals surface area contributed by atoms with E-state index >= 15 is 0 Å². The first-order chi connectivity index (χ1) is 8.83. The van der Waals surface area contributed by atoms with Gasteiger partial charge in [0.15, 0.2) is 0 Å². The largest absolute Gasteiger partial charge is 0.346 e. The second-order valence-electron chi connectivity index (χ2n) is 4.57. The lowest BCUT2D eigenvalue weighted by Crippen LogP contribution is -2.37. The lowest BCUT2D eigenvalue weighted by molar-refractivity contribution is 0.208. The Balaban J connectivity index is 1.63. The molecule has 1 fully saturated rings. The number of aromatic amines is 1. The fourth-order valence-corrected chi connectivity index (χ4v) is 2.27. The highest BCUT2D eigenvalue weighted by molar-refractivity contribution is 5.76.